The predicted molar refractivity (Wildman–Crippen MR) is 68.8 cm³/mol. The molecule has 0 aliphatic carbocycles. The summed E-state index contributed by atoms with van der Waals surface area (Å²) in [6.45, 7) is 4.07. The zero-order valence-electron chi connectivity index (χ0n) is 10.2. The molecule has 0 saturated heterocycles. The second-order valence-corrected chi connectivity index (χ2v) is 4.06. The number of benzene rings is 1. The van der Waals surface area contributed by atoms with E-state index in [0.717, 1.165) is 0 Å². The summed E-state index contributed by atoms with van der Waals surface area (Å²) in [5.74, 6) is 0. The van der Waals surface area contributed by atoms with Crippen molar-refractivity contribution in [2.45, 2.75) is 19.9 Å². The van der Waals surface area contributed by atoms with Crippen LogP contribution in [-0.4, -0.2) is 35.2 Å². The van der Waals surface area contributed by atoms with Gasteiger partial charge in [0.2, 0.25) is 0 Å². The SMILES string of the molecule is CC(C)N(CCO)C(=O)Nc1ccc(N)cc1. The number of nitrogens with one attached hydrogen (secondary N) is 1. The molecule has 2 amide bonds. The minimum absolute atomic E-state index is 0.0379. The van der Waals surface area contributed by atoms with Gasteiger partial charge >= 0.3 is 6.03 Å². The Morgan fingerprint density at radius 2 is 2.00 bits per heavy atom. The summed E-state index contributed by atoms with van der Waals surface area (Å²) in [5.41, 5.74) is 6.90. The van der Waals surface area contributed by atoms with Crippen LogP contribution in [0.15, 0.2) is 24.3 Å². The van der Waals surface area contributed by atoms with Gasteiger partial charge in [-0.25, -0.2) is 4.79 Å². The Kier molecular flexibility index (Phi) is 4.78. The Balaban J connectivity index is 2.66. The Labute approximate surface area is 101 Å². The predicted octanol–water partition coefficient (Wildman–Crippen LogP) is 1.50. The third-order valence-corrected chi connectivity index (χ3v) is 2.39. The molecule has 0 aliphatic heterocycles. The summed E-state index contributed by atoms with van der Waals surface area (Å²) in [6.07, 6.45) is 0. The van der Waals surface area contributed by atoms with Crippen molar-refractivity contribution in [2.24, 2.45) is 0 Å². The summed E-state index contributed by atoms with van der Waals surface area (Å²) < 4.78 is 0. The van der Waals surface area contributed by atoms with Gasteiger partial charge in [0, 0.05) is 24.0 Å². The second-order valence-electron chi connectivity index (χ2n) is 4.06. The van der Waals surface area contributed by atoms with Gasteiger partial charge in [0.05, 0.1) is 6.61 Å². The van der Waals surface area contributed by atoms with Crippen molar-refractivity contribution in [3.63, 3.8) is 0 Å². The molecule has 0 fully saturated rings. The molecule has 5 nitrogen and oxygen atoms in total. The molecule has 0 saturated carbocycles. The van der Waals surface area contributed by atoms with E-state index in [1.807, 2.05) is 13.8 Å². The van der Waals surface area contributed by atoms with Gasteiger partial charge in [0.1, 0.15) is 0 Å². The monoisotopic (exact) mass is 237 g/mol. The first-order valence-corrected chi connectivity index (χ1v) is 5.58. The summed E-state index contributed by atoms with van der Waals surface area (Å²) in [4.78, 5) is 13.5. The lowest BCUT2D eigenvalue weighted by Gasteiger charge is -2.26. The number of carbonyl (C=O) groups is 1. The van der Waals surface area contributed by atoms with E-state index in [2.05, 4.69) is 5.32 Å². The van der Waals surface area contributed by atoms with Crippen molar-refractivity contribution in [3.05, 3.63) is 24.3 Å². The van der Waals surface area contributed by atoms with Gasteiger partial charge < -0.3 is 21.1 Å². The maximum atomic E-state index is 11.9. The van der Waals surface area contributed by atoms with E-state index < -0.39 is 0 Å². The molecule has 1 aromatic carbocycles. The molecule has 0 spiro atoms. The number of nitrogen functional groups attached to an aromatic ring is 1. The molecule has 0 aliphatic rings. The van der Waals surface area contributed by atoms with Gasteiger partial charge in [-0.2, -0.15) is 0 Å². The molecule has 94 valence electrons. The van der Waals surface area contributed by atoms with Gasteiger partial charge in [-0.3, -0.25) is 0 Å². The van der Waals surface area contributed by atoms with Crippen LogP contribution in [0.3, 0.4) is 0 Å². The maximum absolute atomic E-state index is 11.9. The zero-order valence-corrected chi connectivity index (χ0v) is 10.2. The summed E-state index contributed by atoms with van der Waals surface area (Å²) >= 11 is 0. The minimum Gasteiger partial charge on any atom is -0.399 e. The highest BCUT2D eigenvalue weighted by Crippen LogP contribution is 2.12. The number of nitrogens with zero attached hydrogens (tertiary/aromatic N) is 1. The highest BCUT2D eigenvalue weighted by molar-refractivity contribution is 5.89. The van der Waals surface area contributed by atoms with Crippen LogP contribution in [-0.2, 0) is 0 Å². The molecule has 0 heterocycles. The number of anilines is 2. The number of nitrogens with two attached hydrogens (primary N) is 1. The Hall–Kier alpha value is -1.75. The van der Waals surface area contributed by atoms with E-state index in [1.54, 1.807) is 29.2 Å². The van der Waals surface area contributed by atoms with E-state index in [4.69, 9.17) is 10.8 Å². The molecule has 0 radical (unpaired) electrons. The summed E-state index contributed by atoms with van der Waals surface area (Å²) in [6, 6.07) is 6.74. The van der Waals surface area contributed by atoms with Gasteiger partial charge in [-0.1, -0.05) is 0 Å². The zero-order chi connectivity index (χ0) is 12.8. The van der Waals surface area contributed by atoms with Crippen molar-refractivity contribution in [2.75, 3.05) is 24.2 Å². The van der Waals surface area contributed by atoms with E-state index in [1.165, 1.54) is 0 Å². The van der Waals surface area contributed by atoms with Crippen molar-refractivity contribution in [3.8, 4) is 0 Å². The summed E-state index contributed by atoms with van der Waals surface area (Å²) in [7, 11) is 0. The average molecular weight is 237 g/mol. The lowest BCUT2D eigenvalue weighted by Crippen LogP contribution is -2.41. The molecular weight excluding hydrogens is 218 g/mol. The second kappa shape index (κ2) is 6.10. The van der Waals surface area contributed by atoms with Crippen LogP contribution in [0.5, 0.6) is 0 Å². The van der Waals surface area contributed by atoms with Crippen LogP contribution >= 0.6 is 0 Å². The van der Waals surface area contributed by atoms with Gasteiger partial charge in [-0.15, -0.1) is 0 Å². The van der Waals surface area contributed by atoms with Crippen molar-refractivity contribution >= 4 is 17.4 Å². The van der Waals surface area contributed by atoms with Crippen LogP contribution in [0.4, 0.5) is 16.2 Å². The highest BCUT2D eigenvalue weighted by Gasteiger charge is 2.15. The lowest BCUT2D eigenvalue weighted by atomic mass is 10.3. The molecule has 4 N–H and O–H groups in total. The van der Waals surface area contributed by atoms with Gasteiger partial charge in [0.15, 0.2) is 0 Å². The number of amides is 2. The first kappa shape index (κ1) is 13.3. The molecule has 0 atom stereocenters. The average Bonchev–Trinajstić information content (AvgIpc) is 2.28. The number of carbonyl (C=O) groups excluding carboxylic acids is 1. The quantitative estimate of drug-likeness (QED) is 0.694. The van der Waals surface area contributed by atoms with E-state index in [9.17, 15) is 4.79 Å². The minimum atomic E-state index is -0.223. The highest BCUT2D eigenvalue weighted by atomic mass is 16.3. The van der Waals surface area contributed by atoms with Crippen LogP contribution in [0, 0.1) is 0 Å². The topological polar surface area (TPSA) is 78.6 Å². The van der Waals surface area contributed by atoms with Crippen molar-refractivity contribution in [1.82, 2.24) is 4.90 Å². The normalized spacial score (nSPS) is 10.4. The van der Waals surface area contributed by atoms with Gasteiger partial charge in [-0.05, 0) is 38.1 Å². The molecular formula is C12H19N3O2. The lowest BCUT2D eigenvalue weighted by molar-refractivity contribution is 0.172. The van der Waals surface area contributed by atoms with E-state index in [0.29, 0.717) is 17.9 Å². The van der Waals surface area contributed by atoms with Crippen LogP contribution in [0.25, 0.3) is 0 Å². The number of hydrogen-bond donors (Lipinski definition) is 3. The Bertz CT molecular complexity index is 363. The fourth-order valence-electron chi connectivity index (χ4n) is 1.46. The molecule has 1 rings (SSSR count). The fraction of sp³-hybridized carbons (Fsp3) is 0.417. The van der Waals surface area contributed by atoms with Crippen LogP contribution in [0.2, 0.25) is 0 Å². The van der Waals surface area contributed by atoms with Gasteiger partial charge in [0.25, 0.3) is 0 Å². The third-order valence-electron chi connectivity index (χ3n) is 2.39. The first-order chi connectivity index (χ1) is 8.04. The largest absolute Gasteiger partial charge is 0.399 e. The number of rotatable bonds is 4. The van der Waals surface area contributed by atoms with E-state index >= 15 is 0 Å². The standard InChI is InChI=1S/C12H19N3O2/c1-9(2)15(7-8-16)12(17)14-11-5-3-10(13)4-6-11/h3-6,9,16H,7-8,13H2,1-2H3,(H,14,17). The number of hydrogen-bond acceptors (Lipinski definition) is 3. The molecule has 1 aromatic rings. The maximum Gasteiger partial charge on any atom is 0.322 e. The number of urea groups is 1. The third kappa shape index (κ3) is 3.96. The smallest absolute Gasteiger partial charge is 0.322 e. The van der Waals surface area contributed by atoms with Crippen molar-refractivity contribution < 1.29 is 9.90 Å². The number of aliphatic hydroxyl groups is 1. The molecule has 0 bridgehead atoms. The summed E-state index contributed by atoms with van der Waals surface area (Å²) in [5, 5.41) is 11.7. The Morgan fingerprint density at radius 3 is 2.47 bits per heavy atom. The molecule has 0 unspecified atom stereocenters. The van der Waals surface area contributed by atoms with Crippen molar-refractivity contribution in [1.29, 1.82) is 0 Å². The Morgan fingerprint density at radius 1 is 1.41 bits per heavy atom. The van der Waals surface area contributed by atoms with Crippen LogP contribution < -0.4 is 11.1 Å². The number of aliphatic hydroxyl groups excluding tert-OH is 1. The molecule has 17 heavy (non-hydrogen) atoms. The molecule has 0 aromatic heterocycles. The van der Waals surface area contributed by atoms with Crippen LogP contribution in [0.1, 0.15) is 13.8 Å². The molecule has 5 heteroatoms. The van der Waals surface area contributed by atoms with E-state index in [-0.39, 0.29) is 18.7 Å². The first-order valence-electron chi connectivity index (χ1n) is 5.58. The fourth-order valence-corrected chi connectivity index (χ4v) is 1.46.